The third kappa shape index (κ3) is 5.37. The third-order valence-electron chi connectivity index (χ3n) is 7.60. The summed E-state index contributed by atoms with van der Waals surface area (Å²) in [5.41, 5.74) is 11.4. The Kier molecular flexibility index (Phi) is 7.49. The molecule has 0 saturated heterocycles. The Morgan fingerprint density at radius 3 is 1.69 bits per heavy atom. The fourth-order valence-corrected chi connectivity index (χ4v) is 5.45. The van der Waals surface area contributed by atoms with Gasteiger partial charge in [-0.15, -0.1) is 0 Å². The van der Waals surface area contributed by atoms with E-state index in [2.05, 4.69) is 102 Å². The van der Waals surface area contributed by atoms with Crippen LogP contribution in [0.5, 0.6) is 11.5 Å². The van der Waals surface area contributed by atoms with Crippen molar-refractivity contribution < 1.29 is 9.84 Å². The minimum absolute atomic E-state index is 0.208. The Hall–Kier alpha value is -5.28. The number of aryl methyl sites for hydroxylation is 2. The molecular formula is C39H33NO2. The Bertz CT molecular complexity index is 1830. The lowest BCUT2D eigenvalue weighted by atomic mass is 9.92. The lowest BCUT2D eigenvalue weighted by Crippen LogP contribution is -2.12. The van der Waals surface area contributed by atoms with Gasteiger partial charge in [-0.2, -0.15) is 0 Å². The maximum absolute atomic E-state index is 11.2. The summed E-state index contributed by atoms with van der Waals surface area (Å²) in [4.78, 5) is 2.07. The Morgan fingerprint density at radius 2 is 1.05 bits per heavy atom. The first-order valence-electron chi connectivity index (χ1n) is 14.1. The molecule has 0 atom stereocenters. The van der Waals surface area contributed by atoms with Gasteiger partial charge in [-0.25, -0.2) is 0 Å². The summed E-state index contributed by atoms with van der Waals surface area (Å²) in [6.45, 7) is 4.02. The second-order valence-corrected chi connectivity index (χ2v) is 10.5. The molecule has 0 aromatic heterocycles. The van der Waals surface area contributed by atoms with Gasteiger partial charge in [0.25, 0.3) is 0 Å². The van der Waals surface area contributed by atoms with Gasteiger partial charge in [-0.3, -0.25) is 0 Å². The SMILES string of the molecule is COc1cc(C)ccc1N(c1ccc(-c2ccc(-c3ccccc3)cc2)c(-c2ccccc2)c1)c1ccc(C)cc1O. The van der Waals surface area contributed by atoms with Gasteiger partial charge >= 0.3 is 0 Å². The van der Waals surface area contributed by atoms with Crippen LogP contribution in [0.1, 0.15) is 11.1 Å². The monoisotopic (exact) mass is 547 g/mol. The number of phenolic OH excluding ortho intramolecular Hbond substituents is 1. The van der Waals surface area contributed by atoms with E-state index in [1.807, 2.05) is 50.2 Å². The van der Waals surface area contributed by atoms with E-state index in [1.165, 1.54) is 11.1 Å². The van der Waals surface area contributed by atoms with Crippen LogP contribution in [0.4, 0.5) is 17.1 Å². The van der Waals surface area contributed by atoms with Gasteiger partial charge in [0, 0.05) is 5.69 Å². The van der Waals surface area contributed by atoms with E-state index < -0.39 is 0 Å². The lowest BCUT2D eigenvalue weighted by molar-refractivity contribution is 0.415. The predicted octanol–water partition coefficient (Wildman–Crippen LogP) is 10.5. The average molecular weight is 548 g/mol. The van der Waals surface area contributed by atoms with Crippen LogP contribution in [-0.4, -0.2) is 12.2 Å². The molecule has 6 rings (SSSR count). The third-order valence-corrected chi connectivity index (χ3v) is 7.60. The van der Waals surface area contributed by atoms with Crippen molar-refractivity contribution >= 4 is 17.1 Å². The number of nitrogens with zero attached hydrogens (tertiary/aromatic N) is 1. The second kappa shape index (κ2) is 11.7. The van der Waals surface area contributed by atoms with E-state index in [9.17, 15) is 5.11 Å². The van der Waals surface area contributed by atoms with Gasteiger partial charge in [0.05, 0.1) is 18.5 Å². The number of hydrogen-bond acceptors (Lipinski definition) is 3. The van der Waals surface area contributed by atoms with Crippen LogP contribution in [0.15, 0.2) is 140 Å². The average Bonchev–Trinajstić information content (AvgIpc) is 3.03. The first kappa shape index (κ1) is 26.9. The molecule has 6 aromatic rings. The van der Waals surface area contributed by atoms with E-state index >= 15 is 0 Å². The summed E-state index contributed by atoms with van der Waals surface area (Å²) in [5.74, 6) is 0.941. The highest BCUT2D eigenvalue weighted by atomic mass is 16.5. The molecule has 0 saturated carbocycles. The van der Waals surface area contributed by atoms with Crippen LogP contribution in [-0.2, 0) is 0 Å². The van der Waals surface area contributed by atoms with Crippen LogP contribution < -0.4 is 9.64 Å². The minimum atomic E-state index is 0.208. The molecular weight excluding hydrogens is 514 g/mol. The van der Waals surface area contributed by atoms with Crippen LogP contribution >= 0.6 is 0 Å². The number of benzene rings is 6. The molecule has 0 radical (unpaired) electrons. The Labute approximate surface area is 247 Å². The summed E-state index contributed by atoms with van der Waals surface area (Å²) in [7, 11) is 1.68. The number of ether oxygens (including phenoxy) is 1. The van der Waals surface area contributed by atoms with Crippen LogP contribution in [0.2, 0.25) is 0 Å². The van der Waals surface area contributed by atoms with Crippen molar-refractivity contribution in [3.8, 4) is 44.9 Å². The number of aromatic hydroxyl groups is 1. The molecule has 0 spiro atoms. The van der Waals surface area contributed by atoms with Crippen molar-refractivity contribution in [2.24, 2.45) is 0 Å². The highest BCUT2D eigenvalue weighted by Crippen LogP contribution is 2.46. The maximum atomic E-state index is 11.2. The summed E-state index contributed by atoms with van der Waals surface area (Å²) in [6.07, 6.45) is 0. The number of hydrogen-bond donors (Lipinski definition) is 1. The molecule has 0 aliphatic carbocycles. The molecule has 1 N–H and O–H groups in total. The van der Waals surface area contributed by atoms with Gasteiger partial charge in [0.15, 0.2) is 0 Å². The van der Waals surface area contributed by atoms with E-state index in [0.717, 1.165) is 50.5 Å². The van der Waals surface area contributed by atoms with Gasteiger partial charge < -0.3 is 14.7 Å². The van der Waals surface area contributed by atoms with Crippen LogP contribution in [0, 0.1) is 13.8 Å². The summed E-state index contributed by atoms with van der Waals surface area (Å²) < 4.78 is 5.85. The number of phenols is 1. The molecule has 206 valence electrons. The number of anilines is 3. The molecule has 0 aliphatic rings. The van der Waals surface area contributed by atoms with Crippen molar-refractivity contribution in [3.63, 3.8) is 0 Å². The lowest BCUT2D eigenvalue weighted by Gasteiger charge is -2.29. The molecule has 42 heavy (non-hydrogen) atoms. The van der Waals surface area contributed by atoms with Gasteiger partial charge in [-0.1, -0.05) is 103 Å². The van der Waals surface area contributed by atoms with E-state index in [0.29, 0.717) is 5.69 Å². The van der Waals surface area contributed by atoms with E-state index in [4.69, 9.17) is 4.74 Å². The minimum Gasteiger partial charge on any atom is -0.506 e. The van der Waals surface area contributed by atoms with Crippen molar-refractivity contribution in [3.05, 3.63) is 151 Å². The van der Waals surface area contributed by atoms with Crippen molar-refractivity contribution in [2.45, 2.75) is 13.8 Å². The summed E-state index contributed by atoms with van der Waals surface area (Å²) in [6, 6.07) is 48.0. The molecule has 0 bridgehead atoms. The first-order valence-corrected chi connectivity index (χ1v) is 14.1. The zero-order valence-corrected chi connectivity index (χ0v) is 24.1. The topological polar surface area (TPSA) is 32.7 Å². The zero-order valence-electron chi connectivity index (χ0n) is 24.1. The smallest absolute Gasteiger partial charge is 0.143 e. The first-order chi connectivity index (χ1) is 20.5. The Balaban J connectivity index is 1.53. The summed E-state index contributed by atoms with van der Waals surface area (Å²) >= 11 is 0. The normalized spacial score (nSPS) is 10.8. The standard InChI is InChI=1S/C39H33NO2/c1-27-14-22-36(38(41)24-27)40(37-23-15-28(2)25-39(37)42-3)33-20-21-34(35(26-33)31-12-8-5-9-13-31)32-18-16-30(17-19-32)29-10-6-4-7-11-29/h4-26,41H,1-3H3. The van der Waals surface area contributed by atoms with Crippen LogP contribution in [0.25, 0.3) is 33.4 Å². The van der Waals surface area contributed by atoms with Gasteiger partial charge in [-0.05, 0) is 94.8 Å². The van der Waals surface area contributed by atoms with E-state index in [1.54, 1.807) is 13.2 Å². The fourth-order valence-electron chi connectivity index (χ4n) is 5.45. The predicted molar refractivity (Wildman–Crippen MR) is 175 cm³/mol. The molecule has 0 aliphatic heterocycles. The fraction of sp³-hybridized carbons (Fsp3) is 0.0769. The summed E-state index contributed by atoms with van der Waals surface area (Å²) in [5, 5.41) is 11.2. The highest BCUT2D eigenvalue weighted by molar-refractivity contribution is 5.91. The molecule has 0 fully saturated rings. The molecule has 0 unspecified atom stereocenters. The Morgan fingerprint density at radius 1 is 0.500 bits per heavy atom. The van der Waals surface area contributed by atoms with Crippen molar-refractivity contribution in [1.29, 1.82) is 0 Å². The second-order valence-electron chi connectivity index (χ2n) is 10.5. The quantitative estimate of drug-likeness (QED) is 0.216. The maximum Gasteiger partial charge on any atom is 0.143 e. The van der Waals surface area contributed by atoms with Gasteiger partial charge in [0.1, 0.15) is 11.5 Å². The van der Waals surface area contributed by atoms with Gasteiger partial charge in [0.2, 0.25) is 0 Å². The zero-order chi connectivity index (χ0) is 29.1. The molecule has 3 heteroatoms. The number of rotatable bonds is 7. The highest BCUT2D eigenvalue weighted by Gasteiger charge is 2.21. The largest absolute Gasteiger partial charge is 0.506 e. The molecule has 0 amide bonds. The molecule has 0 heterocycles. The van der Waals surface area contributed by atoms with Crippen LogP contribution in [0.3, 0.4) is 0 Å². The van der Waals surface area contributed by atoms with Crippen molar-refractivity contribution in [1.82, 2.24) is 0 Å². The molecule has 6 aromatic carbocycles. The number of methoxy groups -OCH3 is 1. The molecule has 3 nitrogen and oxygen atoms in total. The van der Waals surface area contributed by atoms with E-state index in [-0.39, 0.29) is 5.75 Å². The van der Waals surface area contributed by atoms with Crippen molar-refractivity contribution in [2.75, 3.05) is 12.0 Å².